The molecule has 4 nitrogen and oxygen atoms in total. The number of anilines is 1. The molecule has 1 aliphatic rings. The van der Waals surface area contributed by atoms with Crippen LogP contribution in [0.2, 0.25) is 10.0 Å². The van der Waals surface area contributed by atoms with Gasteiger partial charge in [0.25, 0.3) is 0 Å². The van der Waals surface area contributed by atoms with Gasteiger partial charge in [-0.1, -0.05) is 48.2 Å². The quantitative estimate of drug-likeness (QED) is 0.381. The fraction of sp³-hybridized carbons (Fsp3) is 0.435. The molecule has 9 heteroatoms. The van der Waals surface area contributed by atoms with Crippen LogP contribution in [0.5, 0.6) is 0 Å². The van der Waals surface area contributed by atoms with Gasteiger partial charge in [-0.15, -0.1) is 0 Å². The van der Waals surface area contributed by atoms with Crippen LogP contribution >= 0.6 is 23.2 Å². The van der Waals surface area contributed by atoms with E-state index < -0.39 is 17.8 Å². The summed E-state index contributed by atoms with van der Waals surface area (Å²) in [6, 6.07) is 9.88. The van der Waals surface area contributed by atoms with E-state index in [0.29, 0.717) is 22.6 Å². The summed E-state index contributed by atoms with van der Waals surface area (Å²) >= 11 is 12.2. The number of amides is 2. The molecule has 1 fully saturated rings. The van der Waals surface area contributed by atoms with E-state index in [1.807, 2.05) is 6.07 Å². The van der Waals surface area contributed by atoms with Gasteiger partial charge in [-0.3, -0.25) is 0 Å². The number of rotatable bonds is 8. The van der Waals surface area contributed by atoms with Crippen molar-refractivity contribution < 1.29 is 18.0 Å². The summed E-state index contributed by atoms with van der Waals surface area (Å²) in [4.78, 5) is 12.3. The van der Waals surface area contributed by atoms with Crippen molar-refractivity contribution in [3.05, 3.63) is 63.6 Å². The third-order valence-electron chi connectivity index (χ3n) is 5.65. The molecule has 0 heterocycles. The minimum atomic E-state index is -4.47. The van der Waals surface area contributed by atoms with Crippen LogP contribution in [0.4, 0.5) is 23.7 Å². The Morgan fingerprint density at radius 2 is 1.81 bits per heavy atom. The van der Waals surface area contributed by atoms with Crippen molar-refractivity contribution in [1.29, 1.82) is 0 Å². The van der Waals surface area contributed by atoms with Gasteiger partial charge in [-0.2, -0.15) is 13.2 Å². The van der Waals surface area contributed by atoms with Crippen molar-refractivity contribution >= 4 is 34.9 Å². The third-order valence-corrected chi connectivity index (χ3v) is 6.39. The van der Waals surface area contributed by atoms with Gasteiger partial charge >= 0.3 is 12.2 Å². The molecular weight excluding hydrogens is 462 g/mol. The van der Waals surface area contributed by atoms with Crippen molar-refractivity contribution in [2.75, 3.05) is 18.4 Å². The lowest BCUT2D eigenvalue weighted by atomic mass is 9.95. The van der Waals surface area contributed by atoms with Gasteiger partial charge in [0.15, 0.2) is 0 Å². The standard InChI is InChI=1S/C23H26Cl2F3N3O/c24-20-9-8-15(12-21(20)25)16(10-11-29-18-5-1-2-6-18)14-30-22(32)31-19-7-3-4-17(13-19)23(26,27)28/h3-4,7-9,12-13,16,18,29H,1-2,5-6,10-11,14H2,(H2,30,31,32). The number of alkyl halides is 3. The van der Waals surface area contributed by atoms with Gasteiger partial charge in [-0.25, -0.2) is 4.79 Å². The zero-order chi connectivity index (χ0) is 23.1. The number of nitrogens with one attached hydrogen (secondary N) is 3. The lowest BCUT2D eigenvalue weighted by Gasteiger charge is -2.21. The molecule has 0 aromatic heterocycles. The highest BCUT2D eigenvalue weighted by Gasteiger charge is 2.30. The number of urea groups is 1. The van der Waals surface area contributed by atoms with E-state index >= 15 is 0 Å². The Bertz CT molecular complexity index is 918. The first-order chi connectivity index (χ1) is 15.2. The summed E-state index contributed by atoms with van der Waals surface area (Å²) in [5.41, 5.74) is 0.195. The van der Waals surface area contributed by atoms with Gasteiger partial charge in [0, 0.05) is 24.2 Å². The second-order valence-electron chi connectivity index (χ2n) is 8.01. The normalized spacial score (nSPS) is 15.5. The largest absolute Gasteiger partial charge is 0.416 e. The van der Waals surface area contributed by atoms with E-state index in [4.69, 9.17) is 23.2 Å². The smallest absolute Gasteiger partial charge is 0.337 e. The van der Waals surface area contributed by atoms with Crippen LogP contribution in [0.25, 0.3) is 0 Å². The maximum atomic E-state index is 12.9. The maximum absolute atomic E-state index is 12.9. The van der Waals surface area contributed by atoms with Crippen molar-refractivity contribution in [2.45, 2.75) is 50.2 Å². The fourth-order valence-electron chi connectivity index (χ4n) is 3.91. The zero-order valence-electron chi connectivity index (χ0n) is 17.4. The molecule has 0 saturated heterocycles. The predicted molar refractivity (Wildman–Crippen MR) is 123 cm³/mol. The lowest BCUT2D eigenvalue weighted by Crippen LogP contribution is -2.34. The number of benzene rings is 2. The van der Waals surface area contributed by atoms with Gasteiger partial charge in [0.1, 0.15) is 0 Å². The molecular formula is C23H26Cl2F3N3O. The summed E-state index contributed by atoms with van der Waals surface area (Å²) in [7, 11) is 0. The van der Waals surface area contributed by atoms with E-state index in [1.165, 1.54) is 37.8 Å². The minimum absolute atomic E-state index is 0.0362. The molecule has 32 heavy (non-hydrogen) atoms. The molecule has 0 aliphatic heterocycles. The van der Waals surface area contributed by atoms with Crippen LogP contribution in [0.3, 0.4) is 0 Å². The molecule has 2 aromatic carbocycles. The van der Waals surface area contributed by atoms with Gasteiger partial charge in [0.05, 0.1) is 15.6 Å². The van der Waals surface area contributed by atoms with Crippen molar-refractivity contribution in [1.82, 2.24) is 10.6 Å². The molecule has 3 rings (SSSR count). The summed E-state index contributed by atoms with van der Waals surface area (Å²) in [5.74, 6) is -0.0362. The summed E-state index contributed by atoms with van der Waals surface area (Å²) < 4.78 is 38.7. The molecule has 1 saturated carbocycles. The van der Waals surface area contributed by atoms with Gasteiger partial charge in [-0.05, 0) is 61.7 Å². The second kappa shape index (κ2) is 11.3. The van der Waals surface area contributed by atoms with Crippen LogP contribution in [-0.2, 0) is 6.18 Å². The van der Waals surface area contributed by atoms with E-state index in [9.17, 15) is 18.0 Å². The van der Waals surface area contributed by atoms with Crippen LogP contribution in [0.1, 0.15) is 49.1 Å². The van der Waals surface area contributed by atoms with Crippen LogP contribution < -0.4 is 16.0 Å². The van der Waals surface area contributed by atoms with E-state index in [0.717, 1.165) is 30.7 Å². The second-order valence-corrected chi connectivity index (χ2v) is 8.82. The average molecular weight is 488 g/mol. The van der Waals surface area contributed by atoms with Crippen molar-refractivity contribution in [2.24, 2.45) is 0 Å². The van der Waals surface area contributed by atoms with Gasteiger partial charge < -0.3 is 16.0 Å². The first-order valence-corrected chi connectivity index (χ1v) is 11.4. The highest BCUT2D eigenvalue weighted by molar-refractivity contribution is 6.42. The molecule has 174 valence electrons. The van der Waals surface area contributed by atoms with E-state index in [2.05, 4.69) is 16.0 Å². The molecule has 1 atom stereocenters. The first-order valence-electron chi connectivity index (χ1n) is 10.6. The Morgan fingerprint density at radius 3 is 2.50 bits per heavy atom. The summed E-state index contributed by atoms with van der Waals surface area (Å²) in [6.07, 6.45) is 1.12. The van der Waals surface area contributed by atoms with Crippen LogP contribution in [-0.4, -0.2) is 25.2 Å². The maximum Gasteiger partial charge on any atom is 0.416 e. The topological polar surface area (TPSA) is 53.2 Å². The minimum Gasteiger partial charge on any atom is -0.337 e. The predicted octanol–water partition coefficient (Wildman–Crippen LogP) is 6.84. The summed E-state index contributed by atoms with van der Waals surface area (Å²) in [5, 5.41) is 9.69. The molecule has 1 unspecified atom stereocenters. The molecule has 2 amide bonds. The first kappa shape index (κ1) is 24.7. The molecule has 3 N–H and O–H groups in total. The van der Waals surface area contributed by atoms with Crippen LogP contribution in [0.15, 0.2) is 42.5 Å². The highest BCUT2D eigenvalue weighted by atomic mass is 35.5. The van der Waals surface area contributed by atoms with E-state index in [1.54, 1.807) is 12.1 Å². The molecule has 2 aromatic rings. The fourth-order valence-corrected chi connectivity index (χ4v) is 4.22. The summed E-state index contributed by atoms with van der Waals surface area (Å²) in [6.45, 7) is 1.08. The average Bonchev–Trinajstić information content (AvgIpc) is 3.26. The Labute approximate surface area is 195 Å². The Balaban J connectivity index is 1.60. The Kier molecular flexibility index (Phi) is 8.68. The number of hydrogen-bond acceptors (Lipinski definition) is 2. The van der Waals surface area contributed by atoms with E-state index in [-0.39, 0.29) is 11.6 Å². The van der Waals surface area contributed by atoms with Crippen molar-refractivity contribution in [3.8, 4) is 0 Å². The SMILES string of the molecule is O=C(NCC(CCNC1CCCC1)c1ccc(Cl)c(Cl)c1)Nc1cccc(C(F)(F)F)c1. The zero-order valence-corrected chi connectivity index (χ0v) is 19.0. The Morgan fingerprint density at radius 1 is 1.06 bits per heavy atom. The monoisotopic (exact) mass is 487 g/mol. The molecule has 0 spiro atoms. The number of hydrogen-bond donors (Lipinski definition) is 3. The number of halogens is 5. The van der Waals surface area contributed by atoms with Crippen LogP contribution in [0, 0.1) is 0 Å². The number of carbonyl (C=O) groups excluding carboxylic acids is 1. The Hall–Kier alpha value is -1.96. The highest BCUT2D eigenvalue weighted by Crippen LogP contribution is 2.31. The third kappa shape index (κ3) is 7.29. The molecule has 0 radical (unpaired) electrons. The lowest BCUT2D eigenvalue weighted by molar-refractivity contribution is -0.137. The van der Waals surface area contributed by atoms with Crippen molar-refractivity contribution in [3.63, 3.8) is 0 Å². The van der Waals surface area contributed by atoms with Gasteiger partial charge in [0.2, 0.25) is 0 Å². The molecule has 0 bridgehead atoms. The number of carbonyl (C=O) groups is 1. The molecule has 1 aliphatic carbocycles.